The van der Waals surface area contributed by atoms with E-state index < -0.39 is 12.1 Å². The van der Waals surface area contributed by atoms with Crippen LogP contribution in [0.15, 0.2) is 24.3 Å². The van der Waals surface area contributed by atoms with Crippen LogP contribution in [-0.4, -0.2) is 56.0 Å². The first-order valence-electron chi connectivity index (χ1n) is 6.73. The van der Waals surface area contributed by atoms with Gasteiger partial charge in [0.2, 0.25) is 5.78 Å². The maximum Gasteiger partial charge on any atom is 0.407 e. The van der Waals surface area contributed by atoms with Crippen molar-refractivity contribution in [1.82, 2.24) is 14.7 Å². The Bertz CT molecular complexity index is 709. The van der Waals surface area contributed by atoms with Crippen LogP contribution in [0.25, 0.3) is 10.9 Å². The first-order valence-corrected chi connectivity index (χ1v) is 6.73. The number of aromatic nitrogens is 2. The van der Waals surface area contributed by atoms with Crippen molar-refractivity contribution in [2.75, 3.05) is 13.2 Å². The molecule has 110 valence electrons. The summed E-state index contributed by atoms with van der Waals surface area (Å²) in [6, 6.07) is 6.54. The summed E-state index contributed by atoms with van der Waals surface area (Å²) in [6.07, 6.45) is -0.568. The summed E-state index contributed by atoms with van der Waals surface area (Å²) >= 11 is 0. The molecule has 0 spiro atoms. The summed E-state index contributed by atoms with van der Waals surface area (Å²) in [6.45, 7) is 0.439. The van der Waals surface area contributed by atoms with Crippen molar-refractivity contribution in [2.24, 2.45) is 0 Å². The van der Waals surface area contributed by atoms with Gasteiger partial charge in [0, 0.05) is 11.9 Å². The average molecular weight is 289 g/mol. The number of hydrogen-bond acceptors (Lipinski definition) is 4. The molecule has 1 atom stereocenters. The number of carboxylic acid groups (broad SMARTS) is 1. The number of aliphatic hydroxyl groups excluding tert-OH is 1. The molecule has 0 unspecified atom stereocenters. The third kappa shape index (κ3) is 2.15. The van der Waals surface area contributed by atoms with Gasteiger partial charge in [-0.25, -0.2) is 4.79 Å². The van der Waals surface area contributed by atoms with Gasteiger partial charge in [0.15, 0.2) is 0 Å². The van der Waals surface area contributed by atoms with Crippen LogP contribution >= 0.6 is 0 Å². The van der Waals surface area contributed by atoms with E-state index in [0.717, 1.165) is 4.90 Å². The maximum absolute atomic E-state index is 12.7. The highest BCUT2D eigenvalue weighted by molar-refractivity contribution is 6.09. The molecule has 2 heterocycles. The molecule has 1 aromatic heterocycles. The van der Waals surface area contributed by atoms with Gasteiger partial charge in [0.05, 0.1) is 18.7 Å². The van der Waals surface area contributed by atoms with Crippen LogP contribution in [0.2, 0.25) is 0 Å². The molecule has 1 aliphatic rings. The van der Waals surface area contributed by atoms with Crippen LogP contribution in [0.1, 0.15) is 16.9 Å². The number of hydrogen-bond donors (Lipinski definition) is 2. The molecule has 21 heavy (non-hydrogen) atoms. The highest BCUT2D eigenvalue weighted by Crippen LogP contribution is 2.26. The molecule has 1 aliphatic heterocycles. The van der Waals surface area contributed by atoms with Gasteiger partial charge in [-0.1, -0.05) is 18.2 Å². The third-order valence-corrected chi connectivity index (χ3v) is 3.76. The van der Waals surface area contributed by atoms with E-state index in [1.54, 1.807) is 18.2 Å². The van der Waals surface area contributed by atoms with Crippen molar-refractivity contribution in [3.8, 4) is 0 Å². The fourth-order valence-corrected chi connectivity index (χ4v) is 2.64. The molecule has 2 aromatic rings. The first-order chi connectivity index (χ1) is 10.1. The number of nitrogens with zero attached hydrogens (tertiary/aromatic N) is 3. The van der Waals surface area contributed by atoms with Crippen molar-refractivity contribution >= 4 is 22.8 Å². The number of amides is 1. The van der Waals surface area contributed by atoms with E-state index in [9.17, 15) is 9.59 Å². The standard InChI is InChI=1S/C14H15N3O4/c18-8-7-17-12(9-3-1-2-4-10(9)15-17)13(19)11-5-6-16(11)14(20)21/h1-4,11,18H,5-8H2,(H,20,21)/t11-/m0/s1. The van der Waals surface area contributed by atoms with Crippen molar-refractivity contribution in [2.45, 2.75) is 19.0 Å². The summed E-state index contributed by atoms with van der Waals surface area (Å²) in [5, 5.41) is 23.2. The van der Waals surface area contributed by atoms with Crippen molar-refractivity contribution in [3.05, 3.63) is 30.0 Å². The number of Topliss-reactive ketones (excluding diaryl/α,β-unsaturated/α-hetero) is 1. The van der Waals surface area contributed by atoms with Crippen LogP contribution < -0.4 is 0 Å². The molecule has 0 bridgehead atoms. The molecular weight excluding hydrogens is 274 g/mol. The van der Waals surface area contributed by atoms with Crippen LogP contribution in [0.4, 0.5) is 4.79 Å². The molecule has 2 N–H and O–H groups in total. The lowest BCUT2D eigenvalue weighted by atomic mass is 9.95. The van der Waals surface area contributed by atoms with Crippen molar-refractivity contribution < 1.29 is 19.8 Å². The number of likely N-dealkylation sites (tertiary alicyclic amines) is 1. The quantitative estimate of drug-likeness (QED) is 0.817. The first kappa shape index (κ1) is 13.6. The molecule has 1 saturated heterocycles. The Kier molecular flexibility index (Phi) is 3.34. The number of ketones is 1. The summed E-state index contributed by atoms with van der Waals surface area (Å²) in [5.74, 6) is -0.259. The minimum absolute atomic E-state index is 0.137. The lowest BCUT2D eigenvalue weighted by molar-refractivity contribution is 0.0546. The number of carbonyl (C=O) groups is 2. The number of fused-ring (bicyclic) bond motifs is 1. The molecule has 1 amide bonds. The second kappa shape index (κ2) is 5.17. The normalized spacial score (nSPS) is 17.8. The van der Waals surface area contributed by atoms with E-state index in [-0.39, 0.29) is 18.9 Å². The van der Waals surface area contributed by atoms with Crippen molar-refractivity contribution in [3.63, 3.8) is 0 Å². The van der Waals surface area contributed by atoms with E-state index in [2.05, 4.69) is 5.10 Å². The predicted octanol–water partition coefficient (Wildman–Crippen LogP) is 0.964. The molecule has 0 saturated carbocycles. The monoisotopic (exact) mass is 289 g/mol. The minimum Gasteiger partial charge on any atom is -0.465 e. The molecule has 0 radical (unpaired) electrons. The Morgan fingerprint density at radius 2 is 2.10 bits per heavy atom. The fraction of sp³-hybridized carbons (Fsp3) is 0.357. The zero-order valence-corrected chi connectivity index (χ0v) is 11.3. The van der Waals surface area contributed by atoms with Gasteiger partial charge in [-0.05, 0) is 12.5 Å². The Balaban J connectivity index is 2.04. The lowest BCUT2D eigenvalue weighted by Crippen LogP contribution is -2.55. The van der Waals surface area contributed by atoms with E-state index in [1.807, 2.05) is 6.07 Å². The Morgan fingerprint density at radius 1 is 1.33 bits per heavy atom. The molecular formula is C14H15N3O4. The lowest BCUT2D eigenvalue weighted by Gasteiger charge is -2.37. The topological polar surface area (TPSA) is 95.7 Å². The Labute approximate surface area is 120 Å². The SMILES string of the molecule is O=C(c1c2ccccc2nn1CCO)[C@@H]1CCN1C(=O)O. The zero-order chi connectivity index (χ0) is 15.0. The second-order valence-electron chi connectivity index (χ2n) is 4.96. The van der Waals surface area contributed by atoms with Crippen LogP contribution in [-0.2, 0) is 6.54 Å². The molecule has 1 aromatic carbocycles. The number of aliphatic hydroxyl groups is 1. The number of carbonyl (C=O) groups excluding carboxylic acids is 1. The molecule has 0 aliphatic carbocycles. The van der Waals surface area contributed by atoms with Gasteiger partial charge >= 0.3 is 6.09 Å². The third-order valence-electron chi connectivity index (χ3n) is 3.76. The summed E-state index contributed by atoms with van der Waals surface area (Å²) < 4.78 is 1.46. The van der Waals surface area contributed by atoms with Gasteiger partial charge in [-0.3, -0.25) is 14.4 Å². The summed E-state index contributed by atoms with van der Waals surface area (Å²) in [7, 11) is 0. The highest BCUT2D eigenvalue weighted by atomic mass is 16.4. The van der Waals surface area contributed by atoms with Gasteiger partial charge in [0.25, 0.3) is 0 Å². The van der Waals surface area contributed by atoms with E-state index in [0.29, 0.717) is 29.6 Å². The van der Waals surface area contributed by atoms with Crippen LogP contribution in [0.3, 0.4) is 0 Å². The number of rotatable bonds is 4. The molecule has 3 rings (SSSR count). The minimum atomic E-state index is -1.09. The largest absolute Gasteiger partial charge is 0.465 e. The van der Waals surface area contributed by atoms with E-state index in [1.165, 1.54) is 4.68 Å². The molecule has 7 heteroatoms. The molecule has 7 nitrogen and oxygen atoms in total. The highest BCUT2D eigenvalue weighted by Gasteiger charge is 2.39. The van der Waals surface area contributed by atoms with Gasteiger partial charge in [0.1, 0.15) is 11.7 Å². The van der Waals surface area contributed by atoms with Crippen LogP contribution in [0.5, 0.6) is 0 Å². The fourth-order valence-electron chi connectivity index (χ4n) is 2.64. The van der Waals surface area contributed by atoms with Gasteiger partial charge in [-0.15, -0.1) is 0 Å². The molecule has 1 fully saturated rings. The van der Waals surface area contributed by atoms with Gasteiger partial charge in [-0.2, -0.15) is 5.10 Å². The maximum atomic E-state index is 12.7. The van der Waals surface area contributed by atoms with Crippen LogP contribution in [0, 0.1) is 0 Å². The summed E-state index contributed by atoms with van der Waals surface area (Å²) in [4.78, 5) is 24.8. The van der Waals surface area contributed by atoms with E-state index in [4.69, 9.17) is 10.2 Å². The smallest absolute Gasteiger partial charge is 0.407 e. The van der Waals surface area contributed by atoms with Crippen molar-refractivity contribution in [1.29, 1.82) is 0 Å². The average Bonchev–Trinajstić information content (AvgIpc) is 2.74. The summed E-state index contributed by atoms with van der Waals surface area (Å²) in [5.41, 5.74) is 1.03. The van der Waals surface area contributed by atoms with E-state index >= 15 is 0 Å². The van der Waals surface area contributed by atoms with Gasteiger partial charge < -0.3 is 10.2 Å². The Morgan fingerprint density at radius 3 is 2.71 bits per heavy atom. The number of benzene rings is 1. The predicted molar refractivity (Wildman–Crippen MR) is 74.3 cm³/mol. The zero-order valence-electron chi connectivity index (χ0n) is 11.3. The second-order valence-corrected chi connectivity index (χ2v) is 4.96. The Hall–Kier alpha value is -2.41.